The Hall–Kier alpha value is -0.570. The lowest BCUT2D eigenvalue weighted by Crippen LogP contribution is -2.25. The Labute approximate surface area is 61.2 Å². The molecule has 0 saturated heterocycles. The van der Waals surface area contributed by atoms with Gasteiger partial charge in [0, 0.05) is 19.1 Å². The van der Waals surface area contributed by atoms with Gasteiger partial charge in [-0.25, -0.2) is 0 Å². The molecule has 0 radical (unpaired) electrons. The summed E-state index contributed by atoms with van der Waals surface area (Å²) in [5.41, 5.74) is 0. The summed E-state index contributed by atoms with van der Waals surface area (Å²) in [5.74, 6) is 1.27. The molecule has 0 spiro atoms. The molecule has 2 N–H and O–H groups in total. The molecule has 0 aromatic heterocycles. The number of nitrogens with zero attached hydrogens (tertiary/aromatic N) is 1. The average Bonchev–Trinajstić information content (AvgIpc) is 2.34. The fraction of sp³-hybridized carbons (Fsp3) is 0.857. The molecule has 1 rings (SSSR count). The third-order valence-corrected chi connectivity index (χ3v) is 1.87. The normalized spacial score (nSPS) is 27.5. The van der Waals surface area contributed by atoms with Crippen molar-refractivity contribution >= 4 is 5.84 Å². The van der Waals surface area contributed by atoms with Crippen molar-refractivity contribution in [1.29, 1.82) is 0 Å². The van der Waals surface area contributed by atoms with Crippen LogP contribution in [0.5, 0.6) is 0 Å². The van der Waals surface area contributed by atoms with Gasteiger partial charge in [0.2, 0.25) is 0 Å². The van der Waals surface area contributed by atoms with Gasteiger partial charge in [-0.05, 0) is 6.92 Å². The first-order valence-electron chi connectivity index (χ1n) is 3.63. The van der Waals surface area contributed by atoms with Gasteiger partial charge in [0.15, 0.2) is 0 Å². The van der Waals surface area contributed by atoms with Crippen molar-refractivity contribution in [1.82, 2.24) is 5.32 Å². The van der Waals surface area contributed by atoms with Crippen molar-refractivity contribution in [2.75, 3.05) is 13.2 Å². The lowest BCUT2D eigenvalue weighted by molar-refractivity contribution is 0.220. The van der Waals surface area contributed by atoms with Crippen LogP contribution in [0.15, 0.2) is 4.99 Å². The second-order valence-corrected chi connectivity index (χ2v) is 2.82. The van der Waals surface area contributed by atoms with Gasteiger partial charge in [-0.15, -0.1) is 0 Å². The van der Waals surface area contributed by atoms with E-state index in [4.69, 9.17) is 5.11 Å². The van der Waals surface area contributed by atoms with Crippen molar-refractivity contribution < 1.29 is 5.11 Å². The molecule has 3 heteroatoms. The summed E-state index contributed by atoms with van der Waals surface area (Å²) in [7, 11) is 0. The van der Waals surface area contributed by atoms with E-state index >= 15 is 0 Å². The monoisotopic (exact) mass is 142 g/mol. The SMILES string of the molecule is CC1=NC(C(C)CO)CN1. The highest BCUT2D eigenvalue weighted by atomic mass is 16.3. The highest BCUT2D eigenvalue weighted by Gasteiger charge is 2.19. The van der Waals surface area contributed by atoms with Crippen LogP contribution in [0.2, 0.25) is 0 Å². The molecule has 1 aliphatic heterocycles. The quantitative estimate of drug-likeness (QED) is 0.570. The lowest BCUT2D eigenvalue weighted by Gasteiger charge is -2.11. The first-order chi connectivity index (χ1) is 4.74. The van der Waals surface area contributed by atoms with Gasteiger partial charge in [-0.3, -0.25) is 4.99 Å². The molecule has 0 fully saturated rings. The van der Waals surface area contributed by atoms with Gasteiger partial charge in [0.25, 0.3) is 0 Å². The molecule has 0 amide bonds. The molecule has 0 bridgehead atoms. The van der Waals surface area contributed by atoms with Gasteiger partial charge < -0.3 is 10.4 Å². The number of hydrogen-bond donors (Lipinski definition) is 2. The van der Waals surface area contributed by atoms with Crippen LogP contribution in [0.3, 0.4) is 0 Å². The van der Waals surface area contributed by atoms with Gasteiger partial charge in [0.1, 0.15) is 0 Å². The molecule has 2 atom stereocenters. The van der Waals surface area contributed by atoms with Crippen LogP contribution in [0, 0.1) is 5.92 Å². The Morgan fingerprint density at radius 1 is 1.90 bits per heavy atom. The summed E-state index contributed by atoms with van der Waals surface area (Å²) < 4.78 is 0. The maximum absolute atomic E-state index is 8.78. The van der Waals surface area contributed by atoms with E-state index in [1.807, 2.05) is 13.8 Å². The molecule has 58 valence electrons. The van der Waals surface area contributed by atoms with Crippen LogP contribution in [0.25, 0.3) is 0 Å². The van der Waals surface area contributed by atoms with E-state index in [1.54, 1.807) is 0 Å². The number of nitrogens with one attached hydrogen (secondary N) is 1. The second-order valence-electron chi connectivity index (χ2n) is 2.82. The maximum atomic E-state index is 8.78. The van der Waals surface area contributed by atoms with Gasteiger partial charge in [-0.1, -0.05) is 6.92 Å². The standard InChI is InChI=1S/C7H14N2O/c1-5(4-10)7-3-8-6(2)9-7/h5,7,10H,3-4H2,1-2H3,(H,8,9). The summed E-state index contributed by atoms with van der Waals surface area (Å²) in [6.07, 6.45) is 0. The van der Waals surface area contributed by atoms with E-state index < -0.39 is 0 Å². The van der Waals surface area contributed by atoms with E-state index in [2.05, 4.69) is 10.3 Å². The minimum atomic E-state index is 0.225. The molecule has 0 aromatic rings. The molecule has 10 heavy (non-hydrogen) atoms. The Morgan fingerprint density at radius 3 is 3.00 bits per heavy atom. The molecule has 3 nitrogen and oxygen atoms in total. The smallest absolute Gasteiger partial charge is 0.0936 e. The van der Waals surface area contributed by atoms with Gasteiger partial charge in [-0.2, -0.15) is 0 Å². The van der Waals surface area contributed by atoms with Crippen molar-refractivity contribution in [2.45, 2.75) is 19.9 Å². The second kappa shape index (κ2) is 3.01. The fourth-order valence-electron chi connectivity index (χ4n) is 1.04. The summed E-state index contributed by atoms with van der Waals surface area (Å²) in [6.45, 7) is 5.06. The number of aliphatic imine (C=N–C) groups is 1. The largest absolute Gasteiger partial charge is 0.396 e. The zero-order valence-corrected chi connectivity index (χ0v) is 6.46. The highest BCUT2D eigenvalue weighted by Crippen LogP contribution is 2.09. The van der Waals surface area contributed by atoms with E-state index in [1.165, 1.54) is 0 Å². The zero-order valence-electron chi connectivity index (χ0n) is 6.46. The van der Waals surface area contributed by atoms with Crippen molar-refractivity contribution in [3.05, 3.63) is 0 Å². The lowest BCUT2D eigenvalue weighted by atomic mass is 10.1. The number of aliphatic hydroxyl groups excluding tert-OH is 1. The van der Waals surface area contributed by atoms with Crippen LogP contribution < -0.4 is 5.32 Å². The Balaban J connectivity index is 2.44. The molecule has 0 aromatic carbocycles. The molecule has 2 unspecified atom stereocenters. The van der Waals surface area contributed by atoms with E-state index in [-0.39, 0.29) is 18.6 Å². The van der Waals surface area contributed by atoms with Crippen LogP contribution in [-0.4, -0.2) is 30.1 Å². The van der Waals surface area contributed by atoms with E-state index in [0.717, 1.165) is 12.4 Å². The molecule has 1 aliphatic rings. The number of rotatable bonds is 2. The van der Waals surface area contributed by atoms with Crippen LogP contribution in [0.1, 0.15) is 13.8 Å². The fourth-order valence-corrected chi connectivity index (χ4v) is 1.04. The summed E-state index contributed by atoms with van der Waals surface area (Å²) >= 11 is 0. The van der Waals surface area contributed by atoms with Crippen LogP contribution >= 0.6 is 0 Å². The number of amidine groups is 1. The predicted octanol–water partition coefficient (Wildman–Crippen LogP) is 0.00500. The zero-order chi connectivity index (χ0) is 7.56. The Bertz CT molecular complexity index is 145. The van der Waals surface area contributed by atoms with Crippen molar-refractivity contribution in [2.24, 2.45) is 10.9 Å². The minimum absolute atomic E-state index is 0.225. The van der Waals surface area contributed by atoms with Crippen LogP contribution in [0.4, 0.5) is 0 Å². The molecule has 0 saturated carbocycles. The molecular formula is C7H14N2O. The van der Waals surface area contributed by atoms with Gasteiger partial charge in [0.05, 0.1) is 11.9 Å². The Kier molecular flexibility index (Phi) is 2.27. The average molecular weight is 142 g/mol. The third-order valence-electron chi connectivity index (χ3n) is 1.87. The number of aliphatic hydroxyl groups is 1. The molecule has 0 aliphatic carbocycles. The predicted molar refractivity (Wildman–Crippen MR) is 41.1 cm³/mol. The summed E-state index contributed by atoms with van der Waals surface area (Å²) in [6, 6.07) is 0.282. The van der Waals surface area contributed by atoms with E-state index in [0.29, 0.717) is 0 Å². The topological polar surface area (TPSA) is 44.6 Å². The first-order valence-corrected chi connectivity index (χ1v) is 3.63. The minimum Gasteiger partial charge on any atom is -0.396 e. The van der Waals surface area contributed by atoms with Crippen LogP contribution in [-0.2, 0) is 0 Å². The van der Waals surface area contributed by atoms with E-state index in [9.17, 15) is 0 Å². The third kappa shape index (κ3) is 1.48. The Morgan fingerprint density at radius 2 is 2.60 bits per heavy atom. The molecular weight excluding hydrogens is 128 g/mol. The number of hydrogen-bond acceptors (Lipinski definition) is 3. The van der Waals surface area contributed by atoms with Crippen molar-refractivity contribution in [3.63, 3.8) is 0 Å². The van der Waals surface area contributed by atoms with Crippen molar-refractivity contribution in [3.8, 4) is 0 Å². The maximum Gasteiger partial charge on any atom is 0.0936 e. The first kappa shape index (κ1) is 7.54. The molecule has 1 heterocycles. The summed E-state index contributed by atoms with van der Waals surface area (Å²) in [4.78, 5) is 4.30. The highest BCUT2D eigenvalue weighted by molar-refractivity contribution is 5.81. The van der Waals surface area contributed by atoms with Gasteiger partial charge >= 0.3 is 0 Å². The summed E-state index contributed by atoms with van der Waals surface area (Å²) in [5, 5.41) is 11.9.